The average molecular weight is 372 g/mol. The summed E-state index contributed by atoms with van der Waals surface area (Å²) in [5.74, 6) is 1.25. The number of methoxy groups -OCH3 is 1. The lowest BCUT2D eigenvalue weighted by Crippen LogP contribution is -2.47. The van der Waals surface area contributed by atoms with Crippen LogP contribution in [0.1, 0.15) is 10.4 Å². The van der Waals surface area contributed by atoms with Crippen LogP contribution in [-0.4, -0.2) is 92.9 Å². The zero-order valence-corrected chi connectivity index (χ0v) is 16.0. The van der Waals surface area contributed by atoms with Crippen LogP contribution in [0, 0.1) is 0 Å². The molecule has 0 radical (unpaired) electrons. The van der Waals surface area contributed by atoms with Crippen molar-refractivity contribution in [3.05, 3.63) is 36.0 Å². The van der Waals surface area contributed by atoms with E-state index in [-0.39, 0.29) is 5.91 Å². The number of rotatable bonds is 5. The first kappa shape index (κ1) is 18.3. The second-order valence-corrected chi connectivity index (χ2v) is 7.13. The average Bonchev–Trinajstić information content (AvgIpc) is 3.16. The first-order valence-electron chi connectivity index (χ1n) is 9.70. The highest BCUT2D eigenvalue weighted by Gasteiger charge is 2.21. The van der Waals surface area contributed by atoms with Gasteiger partial charge in [-0.2, -0.15) is 0 Å². The minimum atomic E-state index is 0.0873. The van der Waals surface area contributed by atoms with Crippen molar-refractivity contribution >= 4 is 17.2 Å². The number of anilines is 1. The lowest BCUT2D eigenvalue weighted by atomic mass is 10.2. The van der Waals surface area contributed by atoms with E-state index < -0.39 is 0 Å². The fourth-order valence-electron chi connectivity index (χ4n) is 3.84. The van der Waals surface area contributed by atoms with Crippen molar-refractivity contribution in [1.82, 2.24) is 14.2 Å². The van der Waals surface area contributed by atoms with Crippen LogP contribution in [0.3, 0.4) is 0 Å². The van der Waals surface area contributed by atoms with Crippen molar-refractivity contribution in [2.24, 2.45) is 0 Å². The molecule has 7 heteroatoms. The first-order valence-corrected chi connectivity index (χ1v) is 9.70. The number of carbonyl (C=O) groups excluding carboxylic acids is 1. The van der Waals surface area contributed by atoms with Gasteiger partial charge in [0.1, 0.15) is 5.82 Å². The summed E-state index contributed by atoms with van der Waals surface area (Å²) in [7, 11) is 1.75. The molecule has 0 unspecified atom stereocenters. The first-order chi connectivity index (χ1) is 13.3. The van der Waals surface area contributed by atoms with Crippen LogP contribution >= 0.6 is 0 Å². The fourth-order valence-corrected chi connectivity index (χ4v) is 3.84. The van der Waals surface area contributed by atoms with Crippen molar-refractivity contribution in [3.63, 3.8) is 0 Å². The van der Waals surface area contributed by atoms with Gasteiger partial charge in [0.05, 0.1) is 25.4 Å². The largest absolute Gasteiger partial charge is 0.383 e. The van der Waals surface area contributed by atoms with Gasteiger partial charge in [0.2, 0.25) is 0 Å². The molecule has 2 aliphatic heterocycles. The van der Waals surface area contributed by atoms with Crippen molar-refractivity contribution in [3.8, 4) is 0 Å². The predicted octanol–water partition coefficient (Wildman–Crippen LogP) is 1.18. The Hall–Kier alpha value is -2.09. The van der Waals surface area contributed by atoms with E-state index in [1.54, 1.807) is 7.11 Å². The van der Waals surface area contributed by atoms with Crippen LogP contribution in [0.4, 0.5) is 5.82 Å². The predicted molar refractivity (Wildman–Crippen MR) is 105 cm³/mol. The second-order valence-electron chi connectivity index (χ2n) is 7.13. The monoisotopic (exact) mass is 372 g/mol. The summed E-state index contributed by atoms with van der Waals surface area (Å²) in [6.07, 6.45) is 1.99. The highest BCUT2D eigenvalue weighted by Crippen LogP contribution is 2.22. The lowest BCUT2D eigenvalue weighted by Gasteiger charge is -2.35. The van der Waals surface area contributed by atoms with E-state index in [9.17, 15) is 4.79 Å². The number of morpholine rings is 1. The Morgan fingerprint density at radius 2 is 1.78 bits per heavy atom. The van der Waals surface area contributed by atoms with Gasteiger partial charge in [-0.05, 0) is 24.3 Å². The number of ether oxygens (including phenoxy) is 2. The molecule has 2 aromatic heterocycles. The molecule has 4 heterocycles. The van der Waals surface area contributed by atoms with Crippen LogP contribution in [0.5, 0.6) is 0 Å². The molecule has 2 aliphatic rings. The fraction of sp³-hybridized carbons (Fsp3) is 0.550. The summed E-state index contributed by atoms with van der Waals surface area (Å²) in [5, 5.41) is 0. The van der Waals surface area contributed by atoms with Gasteiger partial charge in [-0.3, -0.25) is 9.69 Å². The summed E-state index contributed by atoms with van der Waals surface area (Å²) < 4.78 is 12.7. The summed E-state index contributed by atoms with van der Waals surface area (Å²) in [6.45, 7) is 8.36. The molecule has 0 aliphatic carbocycles. The normalized spacial score (nSPS) is 19.0. The highest BCUT2D eigenvalue weighted by atomic mass is 16.5. The molecule has 0 saturated carbocycles. The number of hydrogen-bond donors (Lipinski definition) is 0. The van der Waals surface area contributed by atoms with Crippen LogP contribution in [0.25, 0.3) is 5.52 Å². The molecule has 2 aromatic rings. The van der Waals surface area contributed by atoms with Crippen molar-refractivity contribution in [1.29, 1.82) is 0 Å². The maximum atomic E-state index is 12.8. The summed E-state index contributed by atoms with van der Waals surface area (Å²) in [4.78, 5) is 19.5. The Labute approximate surface area is 160 Å². The van der Waals surface area contributed by atoms with Gasteiger partial charge in [0.15, 0.2) is 0 Å². The van der Waals surface area contributed by atoms with Gasteiger partial charge >= 0.3 is 0 Å². The van der Waals surface area contributed by atoms with E-state index >= 15 is 0 Å². The molecule has 0 bridgehead atoms. The third-order valence-corrected chi connectivity index (χ3v) is 5.48. The molecule has 0 aromatic carbocycles. The molecule has 2 saturated heterocycles. The van der Waals surface area contributed by atoms with Crippen LogP contribution in [-0.2, 0) is 9.47 Å². The SMILES string of the molecule is COCCN1CCN(c2ccc3ccc(C(=O)N4CCOCC4)cn23)CC1. The van der Waals surface area contributed by atoms with Crippen molar-refractivity contribution in [2.75, 3.05) is 77.6 Å². The number of hydrogen-bond acceptors (Lipinski definition) is 5. The van der Waals surface area contributed by atoms with Gasteiger partial charge < -0.3 is 23.7 Å². The Morgan fingerprint density at radius 1 is 1.04 bits per heavy atom. The topological polar surface area (TPSA) is 49.7 Å². The van der Waals surface area contributed by atoms with E-state index in [0.717, 1.165) is 56.2 Å². The number of piperazine rings is 1. The molecule has 0 N–H and O–H groups in total. The van der Waals surface area contributed by atoms with E-state index in [2.05, 4.69) is 26.3 Å². The van der Waals surface area contributed by atoms with Gasteiger partial charge in [0.25, 0.3) is 5.91 Å². The molecule has 2 fully saturated rings. The summed E-state index contributed by atoms with van der Waals surface area (Å²) in [5.41, 5.74) is 1.85. The smallest absolute Gasteiger partial charge is 0.255 e. The van der Waals surface area contributed by atoms with Gasteiger partial charge in [-0.25, -0.2) is 0 Å². The standard InChI is InChI=1S/C20H28N4O3/c1-26-13-10-21-6-8-22(9-7-21)19-5-4-18-3-2-17(16-24(18)19)20(25)23-11-14-27-15-12-23/h2-5,16H,6-15H2,1H3. The van der Waals surface area contributed by atoms with E-state index in [1.807, 2.05) is 23.2 Å². The maximum Gasteiger partial charge on any atom is 0.255 e. The zero-order chi connectivity index (χ0) is 18.6. The number of fused-ring (bicyclic) bond motifs is 1. The molecule has 7 nitrogen and oxygen atoms in total. The molecule has 0 spiro atoms. The summed E-state index contributed by atoms with van der Waals surface area (Å²) >= 11 is 0. The molecule has 0 atom stereocenters. The Bertz CT molecular complexity index is 777. The second kappa shape index (κ2) is 8.29. The quantitative estimate of drug-likeness (QED) is 0.789. The van der Waals surface area contributed by atoms with Crippen LogP contribution in [0.15, 0.2) is 30.5 Å². The minimum Gasteiger partial charge on any atom is -0.383 e. The number of pyridine rings is 1. The highest BCUT2D eigenvalue weighted by molar-refractivity contribution is 5.94. The maximum absolute atomic E-state index is 12.8. The van der Waals surface area contributed by atoms with Gasteiger partial charge in [-0.15, -0.1) is 0 Å². The molecule has 1 amide bonds. The van der Waals surface area contributed by atoms with Crippen molar-refractivity contribution < 1.29 is 14.3 Å². The number of nitrogens with zero attached hydrogens (tertiary/aromatic N) is 4. The van der Waals surface area contributed by atoms with E-state index in [1.165, 1.54) is 0 Å². The molecule has 146 valence electrons. The van der Waals surface area contributed by atoms with Crippen LogP contribution < -0.4 is 4.90 Å². The lowest BCUT2D eigenvalue weighted by molar-refractivity contribution is 0.0302. The molecule has 4 rings (SSSR count). The Morgan fingerprint density at radius 3 is 2.52 bits per heavy atom. The van der Waals surface area contributed by atoms with E-state index in [4.69, 9.17) is 9.47 Å². The molecular weight excluding hydrogens is 344 g/mol. The third kappa shape index (κ3) is 3.95. The Balaban J connectivity index is 1.50. The zero-order valence-electron chi connectivity index (χ0n) is 16.0. The molecule has 27 heavy (non-hydrogen) atoms. The minimum absolute atomic E-state index is 0.0873. The summed E-state index contributed by atoms with van der Waals surface area (Å²) in [6, 6.07) is 8.24. The number of carbonyl (C=O) groups is 1. The van der Waals surface area contributed by atoms with Gasteiger partial charge in [0, 0.05) is 64.6 Å². The van der Waals surface area contributed by atoms with Crippen LogP contribution in [0.2, 0.25) is 0 Å². The van der Waals surface area contributed by atoms with Gasteiger partial charge in [-0.1, -0.05) is 0 Å². The third-order valence-electron chi connectivity index (χ3n) is 5.48. The van der Waals surface area contributed by atoms with E-state index in [0.29, 0.717) is 26.3 Å². The number of amides is 1. The Kier molecular flexibility index (Phi) is 5.61. The number of aromatic nitrogens is 1. The molecular formula is C20H28N4O3. The van der Waals surface area contributed by atoms with Crippen molar-refractivity contribution in [2.45, 2.75) is 0 Å².